The van der Waals surface area contributed by atoms with E-state index in [1.54, 1.807) is 56.3 Å². The number of rotatable bonds is 10. The predicted molar refractivity (Wildman–Crippen MR) is 132 cm³/mol. The molecule has 0 spiro atoms. The van der Waals surface area contributed by atoms with Gasteiger partial charge in [-0.3, -0.25) is 19.7 Å². The fourth-order valence-electron chi connectivity index (χ4n) is 3.17. The van der Waals surface area contributed by atoms with Gasteiger partial charge >= 0.3 is 0 Å². The first-order valence-electron chi connectivity index (χ1n) is 11.1. The lowest BCUT2D eigenvalue weighted by molar-refractivity contribution is -0.384. The van der Waals surface area contributed by atoms with Crippen molar-refractivity contribution in [3.63, 3.8) is 0 Å². The third kappa shape index (κ3) is 7.20. The number of nitro groups is 1. The van der Waals surface area contributed by atoms with Crippen LogP contribution in [0, 0.1) is 21.8 Å². The van der Waals surface area contributed by atoms with Gasteiger partial charge in [0.25, 0.3) is 17.5 Å². The topological polar surface area (TPSA) is 123 Å². The number of carbonyl (C=O) groups excluding carboxylic acids is 2. The fraction of sp³-hybridized carbons (Fsp3) is 0.192. The first-order chi connectivity index (χ1) is 17.2. The summed E-state index contributed by atoms with van der Waals surface area (Å²) in [6, 6.07) is 17.6. The molecule has 9 nitrogen and oxygen atoms in total. The molecular weight excluding hydrogens is 467 g/mol. The van der Waals surface area contributed by atoms with Crippen LogP contribution in [-0.4, -0.2) is 29.0 Å². The van der Waals surface area contributed by atoms with Crippen molar-refractivity contribution >= 4 is 23.7 Å². The van der Waals surface area contributed by atoms with E-state index in [1.807, 2.05) is 0 Å². The van der Waals surface area contributed by atoms with Crippen molar-refractivity contribution in [3.05, 3.63) is 105 Å². The molecule has 2 N–H and O–H groups in total. The van der Waals surface area contributed by atoms with E-state index in [0.29, 0.717) is 11.3 Å². The molecule has 3 aromatic rings. The molecule has 3 rings (SSSR count). The molecule has 0 aliphatic heterocycles. The van der Waals surface area contributed by atoms with Gasteiger partial charge < -0.3 is 10.1 Å². The van der Waals surface area contributed by atoms with Gasteiger partial charge in [0.1, 0.15) is 24.2 Å². The molecule has 0 heterocycles. The Morgan fingerprint density at radius 1 is 1.06 bits per heavy atom. The molecule has 0 fully saturated rings. The van der Waals surface area contributed by atoms with Gasteiger partial charge in [0.15, 0.2) is 0 Å². The molecule has 36 heavy (non-hydrogen) atoms. The van der Waals surface area contributed by atoms with E-state index < -0.39 is 28.6 Å². The van der Waals surface area contributed by atoms with Gasteiger partial charge in [-0.1, -0.05) is 26.0 Å². The molecular formula is C26H25FN4O5. The smallest absolute Gasteiger partial charge is 0.269 e. The van der Waals surface area contributed by atoms with Crippen molar-refractivity contribution in [3.8, 4) is 5.75 Å². The van der Waals surface area contributed by atoms with Crippen LogP contribution in [0.1, 0.15) is 35.3 Å². The van der Waals surface area contributed by atoms with Gasteiger partial charge in [-0.2, -0.15) is 5.10 Å². The molecule has 0 aliphatic carbocycles. The Morgan fingerprint density at radius 3 is 2.33 bits per heavy atom. The zero-order valence-corrected chi connectivity index (χ0v) is 19.7. The van der Waals surface area contributed by atoms with Gasteiger partial charge in [0.05, 0.1) is 16.7 Å². The second kappa shape index (κ2) is 12.2. The fourth-order valence-corrected chi connectivity index (χ4v) is 3.17. The Balaban J connectivity index is 1.52. The van der Waals surface area contributed by atoms with E-state index in [0.717, 1.165) is 5.56 Å². The molecule has 0 saturated carbocycles. The Bertz CT molecular complexity index is 1240. The first kappa shape index (κ1) is 26.0. The molecule has 0 aromatic heterocycles. The van der Waals surface area contributed by atoms with Crippen LogP contribution in [-0.2, 0) is 11.4 Å². The lowest BCUT2D eigenvalue weighted by atomic mass is 10.0. The van der Waals surface area contributed by atoms with Gasteiger partial charge in [0.2, 0.25) is 0 Å². The van der Waals surface area contributed by atoms with E-state index in [4.69, 9.17) is 4.74 Å². The van der Waals surface area contributed by atoms with Crippen molar-refractivity contribution in [2.75, 3.05) is 0 Å². The number of ether oxygens (including phenoxy) is 1. The molecule has 0 bridgehead atoms. The minimum Gasteiger partial charge on any atom is -0.489 e. The van der Waals surface area contributed by atoms with Crippen LogP contribution >= 0.6 is 0 Å². The van der Waals surface area contributed by atoms with Crippen LogP contribution in [0.2, 0.25) is 0 Å². The van der Waals surface area contributed by atoms with Gasteiger partial charge in [-0.05, 0) is 65.6 Å². The minimum absolute atomic E-state index is 0.0154. The summed E-state index contributed by atoms with van der Waals surface area (Å²) in [5.74, 6) is -1.56. The number of hydrogen-bond donors (Lipinski definition) is 2. The van der Waals surface area contributed by atoms with Crippen molar-refractivity contribution in [1.82, 2.24) is 10.7 Å². The molecule has 0 saturated heterocycles. The maximum Gasteiger partial charge on any atom is 0.269 e. The number of hydrogen-bond acceptors (Lipinski definition) is 6. The van der Waals surface area contributed by atoms with Crippen LogP contribution in [0.4, 0.5) is 10.1 Å². The summed E-state index contributed by atoms with van der Waals surface area (Å²) in [6.45, 7) is 3.76. The monoisotopic (exact) mass is 492 g/mol. The average Bonchev–Trinajstić information content (AvgIpc) is 2.87. The van der Waals surface area contributed by atoms with Crippen LogP contribution < -0.4 is 15.5 Å². The maximum atomic E-state index is 13.9. The molecule has 2 amide bonds. The van der Waals surface area contributed by atoms with Crippen LogP contribution in [0.25, 0.3) is 0 Å². The number of nitro benzene ring substituents is 1. The summed E-state index contributed by atoms with van der Waals surface area (Å²) >= 11 is 0. The summed E-state index contributed by atoms with van der Waals surface area (Å²) in [7, 11) is 0. The molecule has 1 atom stereocenters. The molecule has 0 aliphatic rings. The lowest BCUT2D eigenvalue weighted by Gasteiger charge is -2.20. The number of non-ortho nitro benzene ring substituents is 1. The first-order valence-corrected chi connectivity index (χ1v) is 11.1. The number of halogens is 1. The second-order valence-electron chi connectivity index (χ2n) is 8.19. The highest BCUT2D eigenvalue weighted by Crippen LogP contribution is 2.16. The van der Waals surface area contributed by atoms with Crippen molar-refractivity contribution in [2.45, 2.75) is 26.5 Å². The quantitative estimate of drug-likeness (QED) is 0.249. The normalized spacial score (nSPS) is 11.8. The molecule has 1 unspecified atom stereocenters. The number of carbonyl (C=O) groups is 2. The summed E-state index contributed by atoms with van der Waals surface area (Å²) in [5, 5.41) is 17.2. The Kier molecular flexibility index (Phi) is 8.82. The number of hydrazone groups is 1. The van der Waals surface area contributed by atoms with Gasteiger partial charge in [-0.15, -0.1) is 0 Å². The average molecular weight is 493 g/mol. The second-order valence-corrected chi connectivity index (χ2v) is 8.19. The number of nitrogens with one attached hydrogen (secondary N) is 2. The summed E-state index contributed by atoms with van der Waals surface area (Å²) < 4.78 is 19.5. The Morgan fingerprint density at radius 2 is 1.72 bits per heavy atom. The molecule has 3 aromatic carbocycles. The third-order valence-corrected chi connectivity index (χ3v) is 5.18. The van der Waals surface area contributed by atoms with Crippen LogP contribution in [0.3, 0.4) is 0 Å². The van der Waals surface area contributed by atoms with E-state index in [1.165, 1.54) is 36.5 Å². The standard InChI is InChI=1S/C26H25FN4O5/c1-17(2)24(29-25(32)22-5-3-4-6-23(22)27)26(33)30-28-15-18-9-13-21(14-10-18)36-16-19-7-11-20(12-8-19)31(34)35/h3-15,17,24H,16H2,1-2H3,(H,29,32)(H,30,33). The van der Waals surface area contributed by atoms with Crippen LogP contribution in [0.15, 0.2) is 77.9 Å². The summed E-state index contributed by atoms with van der Waals surface area (Å²) in [6.07, 6.45) is 1.44. The zero-order chi connectivity index (χ0) is 26.1. The summed E-state index contributed by atoms with van der Waals surface area (Å²) in [4.78, 5) is 35.2. The summed E-state index contributed by atoms with van der Waals surface area (Å²) in [5.41, 5.74) is 3.75. The van der Waals surface area contributed by atoms with E-state index in [9.17, 15) is 24.1 Å². The SMILES string of the molecule is CC(C)C(NC(=O)c1ccccc1F)C(=O)NN=Cc1ccc(OCc2ccc([N+](=O)[O-])cc2)cc1. The third-order valence-electron chi connectivity index (χ3n) is 5.18. The maximum absolute atomic E-state index is 13.9. The highest BCUT2D eigenvalue weighted by molar-refractivity contribution is 5.98. The lowest BCUT2D eigenvalue weighted by Crippen LogP contribution is -2.48. The van der Waals surface area contributed by atoms with Gasteiger partial charge in [-0.25, -0.2) is 9.82 Å². The molecule has 0 radical (unpaired) electrons. The Labute approximate surface area is 207 Å². The van der Waals surface area contributed by atoms with E-state index in [2.05, 4.69) is 15.8 Å². The van der Waals surface area contributed by atoms with E-state index >= 15 is 0 Å². The number of nitrogens with zero attached hydrogens (tertiary/aromatic N) is 2. The van der Waals surface area contributed by atoms with Crippen molar-refractivity contribution in [1.29, 1.82) is 0 Å². The van der Waals surface area contributed by atoms with Gasteiger partial charge in [0, 0.05) is 12.1 Å². The predicted octanol–water partition coefficient (Wildman–Crippen LogP) is 4.22. The Hall–Kier alpha value is -4.60. The van der Waals surface area contributed by atoms with Crippen molar-refractivity contribution in [2.24, 2.45) is 11.0 Å². The molecule has 10 heteroatoms. The molecule has 186 valence electrons. The highest BCUT2D eigenvalue weighted by atomic mass is 19.1. The largest absolute Gasteiger partial charge is 0.489 e. The van der Waals surface area contributed by atoms with Crippen LogP contribution in [0.5, 0.6) is 5.75 Å². The highest BCUT2D eigenvalue weighted by Gasteiger charge is 2.25. The number of amides is 2. The number of benzene rings is 3. The minimum atomic E-state index is -0.913. The zero-order valence-electron chi connectivity index (χ0n) is 19.7. The van der Waals surface area contributed by atoms with E-state index in [-0.39, 0.29) is 23.8 Å². The van der Waals surface area contributed by atoms with Crippen molar-refractivity contribution < 1.29 is 23.6 Å².